The average Bonchev–Trinajstić information content (AvgIpc) is 3.31. The third-order valence-corrected chi connectivity index (χ3v) is 4.45. The van der Waals surface area contributed by atoms with Crippen molar-refractivity contribution < 1.29 is 4.39 Å². The lowest BCUT2D eigenvalue weighted by Gasteiger charge is -2.11. The first kappa shape index (κ1) is 17.2. The van der Waals surface area contributed by atoms with E-state index >= 15 is 0 Å². The number of benzene rings is 1. The third-order valence-electron chi connectivity index (χ3n) is 3.57. The van der Waals surface area contributed by atoms with Crippen LogP contribution in [-0.4, -0.2) is 22.1 Å². The van der Waals surface area contributed by atoms with Crippen LogP contribution in [0.2, 0.25) is 0 Å². The quantitative estimate of drug-likeness (QED) is 0.526. The number of guanidine groups is 1. The molecule has 0 saturated heterocycles. The summed E-state index contributed by atoms with van der Waals surface area (Å²) in [6, 6.07) is 9.24. The Bertz CT molecular complexity index is 812. The molecule has 0 saturated carbocycles. The highest BCUT2D eigenvalue weighted by molar-refractivity contribution is 7.09. The number of halogens is 1. The van der Waals surface area contributed by atoms with Gasteiger partial charge < -0.3 is 15.2 Å². The van der Waals surface area contributed by atoms with E-state index in [9.17, 15) is 4.39 Å². The zero-order valence-corrected chi connectivity index (χ0v) is 14.8. The summed E-state index contributed by atoms with van der Waals surface area (Å²) in [4.78, 5) is 9.71. The summed E-state index contributed by atoms with van der Waals surface area (Å²) in [5, 5.41) is 8.53. The predicted octanol–water partition coefficient (Wildman–Crippen LogP) is 3.33. The van der Waals surface area contributed by atoms with E-state index in [1.807, 2.05) is 24.4 Å². The van der Waals surface area contributed by atoms with Crippen molar-refractivity contribution in [3.05, 3.63) is 70.7 Å². The Balaban J connectivity index is 1.66. The number of thiophene rings is 1. The lowest BCUT2D eigenvalue weighted by atomic mass is 10.2. The molecule has 7 heteroatoms. The number of hydrogen-bond acceptors (Lipinski definition) is 3. The van der Waals surface area contributed by atoms with E-state index in [2.05, 4.69) is 26.7 Å². The normalized spacial score (nSPS) is 11.5. The van der Waals surface area contributed by atoms with Crippen molar-refractivity contribution >= 4 is 17.3 Å². The second kappa shape index (κ2) is 8.43. The Morgan fingerprint density at radius 3 is 2.92 bits per heavy atom. The highest BCUT2D eigenvalue weighted by atomic mass is 32.1. The fourth-order valence-electron chi connectivity index (χ4n) is 2.36. The van der Waals surface area contributed by atoms with E-state index in [0.717, 1.165) is 24.6 Å². The van der Waals surface area contributed by atoms with Crippen LogP contribution >= 0.6 is 11.3 Å². The molecule has 130 valence electrons. The summed E-state index contributed by atoms with van der Waals surface area (Å²) in [5.41, 5.74) is 1.29. The van der Waals surface area contributed by atoms with Crippen molar-refractivity contribution in [1.82, 2.24) is 20.2 Å². The summed E-state index contributed by atoms with van der Waals surface area (Å²) >= 11 is 1.70. The van der Waals surface area contributed by atoms with Gasteiger partial charge in [0, 0.05) is 23.8 Å². The molecule has 0 fully saturated rings. The molecule has 0 amide bonds. The number of aliphatic imine (C=N–C) groups is 1. The van der Waals surface area contributed by atoms with Gasteiger partial charge in [0.25, 0.3) is 0 Å². The first-order chi connectivity index (χ1) is 12.3. The summed E-state index contributed by atoms with van der Waals surface area (Å²) in [5.74, 6) is 0.428. The lowest BCUT2D eigenvalue weighted by Crippen LogP contribution is -2.36. The van der Waals surface area contributed by atoms with Crippen molar-refractivity contribution in [2.45, 2.75) is 20.0 Å². The number of nitrogens with zero attached hydrogens (tertiary/aromatic N) is 3. The Kier molecular flexibility index (Phi) is 5.79. The van der Waals surface area contributed by atoms with Crippen molar-refractivity contribution in [1.29, 1.82) is 0 Å². The number of aromatic nitrogens is 2. The molecule has 3 aromatic rings. The second-order valence-electron chi connectivity index (χ2n) is 5.38. The number of imidazole rings is 1. The van der Waals surface area contributed by atoms with Crippen molar-refractivity contribution in [3.63, 3.8) is 0 Å². The van der Waals surface area contributed by atoms with Gasteiger partial charge in [0.2, 0.25) is 0 Å². The second-order valence-corrected chi connectivity index (χ2v) is 6.42. The minimum Gasteiger partial charge on any atom is -0.357 e. The number of nitrogens with one attached hydrogen (secondary N) is 2. The first-order valence-electron chi connectivity index (χ1n) is 8.07. The van der Waals surface area contributed by atoms with Crippen LogP contribution in [0.5, 0.6) is 0 Å². The molecule has 2 aromatic heterocycles. The van der Waals surface area contributed by atoms with Gasteiger partial charge in [-0.15, -0.1) is 11.3 Å². The van der Waals surface area contributed by atoms with Gasteiger partial charge in [-0.25, -0.2) is 14.4 Å². The highest BCUT2D eigenvalue weighted by Crippen LogP contribution is 2.15. The van der Waals surface area contributed by atoms with Gasteiger partial charge in [-0.3, -0.25) is 0 Å². The number of rotatable bonds is 6. The minimum absolute atomic E-state index is 0.290. The molecule has 0 spiro atoms. The monoisotopic (exact) mass is 357 g/mol. The molecule has 0 atom stereocenters. The molecule has 2 heterocycles. The molecule has 3 rings (SSSR count). The van der Waals surface area contributed by atoms with Crippen LogP contribution in [0.25, 0.3) is 5.69 Å². The van der Waals surface area contributed by atoms with E-state index in [1.165, 1.54) is 10.9 Å². The molecule has 25 heavy (non-hydrogen) atoms. The van der Waals surface area contributed by atoms with Crippen LogP contribution in [0.3, 0.4) is 0 Å². The van der Waals surface area contributed by atoms with Gasteiger partial charge in [0.15, 0.2) is 5.96 Å². The van der Waals surface area contributed by atoms with E-state index in [4.69, 9.17) is 0 Å². The lowest BCUT2D eigenvalue weighted by molar-refractivity contribution is 0.615. The van der Waals surface area contributed by atoms with E-state index in [-0.39, 0.29) is 5.82 Å². The van der Waals surface area contributed by atoms with Crippen LogP contribution in [-0.2, 0) is 13.1 Å². The van der Waals surface area contributed by atoms with Gasteiger partial charge in [0.1, 0.15) is 5.82 Å². The SMILES string of the molecule is CCNC(=NCc1ccc(-n2ccnc2)c(F)c1)NCc1cccs1. The van der Waals surface area contributed by atoms with E-state index in [0.29, 0.717) is 12.2 Å². The van der Waals surface area contributed by atoms with Crippen LogP contribution in [0.15, 0.2) is 59.4 Å². The van der Waals surface area contributed by atoms with Crippen LogP contribution in [0.4, 0.5) is 4.39 Å². The molecule has 0 bridgehead atoms. The first-order valence-corrected chi connectivity index (χ1v) is 8.95. The largest absolute Gasteiger partial charge is 0.357 e. The molecule has 0 aliphatic rings. The van der Waals surface area contributed by atoms with Gasteiger partial charge in [-0.05, 0) is 36.1 Å². The average molecular weight is 357 g/mol. The van der Waals surface area contributed by atoms with Crippen molar-refractivity contribution in [3.8, 4) is 5.69 Å². The molecule has 0 aliphatic carbocycles. The van der Waals surface area contributed by atoms with Crippen molar-refractivity contribution in [2.24, 2.45) is 4.99 Å². The Labute approximate surface area is 150 Å². The molecule has 1 aromatic carbocycles. The zero-order chi connectivity index (χ0) is 17.5. The molecular formula is C18H20FN5S. The maximum Gasteiger partial charge on any atom is 0.191 e. The van der Waals surface area contributed by atoms with E-state index < -0.39 is 0 Å². The summed E-state index contributed by atoms with van der Waals surface area (Å²) < 4.78 is 15.9. The maximum atomic E-state index is 14.3. The fourth-order valence-corrected chi connectivity index (χ4v) is 3.00. The summed E-state index contributed by atoms with van der Waals surface area (Å²) in [6.45, 7) is 3.91. The fraction of sp³-hybridized carbons (Fsp3) is 0.222. The summed E-state index contributed by atoms with van der Waals surface area (Å²) in [6.07, 6.45) is 4.92. The molecule has 0 unspecified atom stereocenters. The molecule has 2 N–H and O–H groups in total. The van der Waals surface area contributed by atoms with Crippen molar-refractivity contribution in [2.75, 3.05) is 6.54 Å². The topological polar surface area (TPSA) is 54.2 Å². The van der Waals surface area contributed by atoms with Crippen LogP contribution < -0.4 is 10.6 Å². The molecule has 5 nitrogen and oxygen atoms in total. The third kappa shape index (κ3) is 4.67. The summed E-state index contributed by atoms with van der Waals surface area (Å²) in [7, 11) is 0. The predicted molar refractivity (Wildman–Crippen MR) is 99.5 cm³/mol. The van der Waals surface area contributed by atoms with Gasteiger partial charge in [0.05, 0.1) is 25.1 Å². The van der Waals surface area contributed by atoms with Gasteiger partial charge in [-0.1, -0.05) is 12.1 Å². The Hall–Kier alpha value is -2.67. The minimum atomic E-state index is -0.290. The van der Waals surface area contributed by atoms with Crippen LogP contribution in [0.1, 0.15) is 17.4 Å². The van der Waals surface area contributed by atoms with E-state index in [1.54, 1.807) is 40.7 Å². The number of hydrogen-bond donors (Lipinski definition) is 2. The van der Waals surface area contributed by atoms with Gasteiger partial charge in [-0.2, -0.15) is 0 Å². The van der Waals surface area contributed by atoms with Gasteiger partial charge >= 0.3 is 0 Å². The van der Waals surface area contributed by atoms with Crippen LogP contribution in [0, 0.1) is 5.82 Å². The maximum absolute atomic E-state index is 14.3. The highest BCUT2D eigenvalue weighted by Gasteiger charge is 2.06. The Morgan fingerprint density at radius 2 is 2.24 bits per heavy atom. The molecular weight excluding hydrogens is 337 g/mol. The molecule has 0 aliphatic heterocycles. The smallest absolute Gasteiger partial charge is 0.191 e. The Morgan fingerprint density at radius 1 is 1.32 bits per heavy atom. The molecule has 0 radical (unpaired) electrons. The zero-order valence-electron chi connectivity index (χ0n) is 13.9. The standard InChI is InChI=1S/C18H20FN5S/c1-2-21-18(23-12-15-4-3-9-25-15)22-11-14-5-6-17(16(19)10-14)24-8-7-20-13-24/h3-10,13H,2,11-12H2,1H3,(H2,21,22,23).